The molecule has 1 rings (SSSR count). The van der Waals surface area contributed by atoms with E-state index in [1.807, 2.05) is 0 Å². The number of rotatable bonds is 3. The zero-order valence-electron chi connectivity index (χ0n) is 7.16. The summed E-state index contributed by atoms with van der Waals surface area (Å²) >= 11 is 5.60. The molecule has 0 saturated heterocycles. The first-order chi connectivity index (χ1) is 5.68. The molecule has 0 aromatic heterocycles. The van der Waals surface area contributed by atoms with Gasteiger partial charge in [-0.05, 0) is 24.3 Å². The maximum Gasteiger partial charge on any atom is 0.341 e. The van der Waals surface area contributed by atoms with E-state index in [9.17, 15) is 4.79 Å². The largest absolute Gasteiger partial charge is 0.482 e. The van der Waals surface area contributed by atoms with Gasteiger partial charge in [-0.15, -0.1) is 0 Å². The minimum Gasteiger partial charge on any atom is -0.482 e. The van der Waals surface area contributed by atoms with Crippen molar-refractivity contribution in [2.75, 3.05) is 6.61 Å². The quantitative estimate of drug-likeness (QED) is 0.792. The molecule has 0 aliphatic rings. The van der Waals surface area contributed by atoms with E-state index in [1.165, 1.54) is 0 Å². The first kappa shape index (κ1) is 13.4. The van der Waals surface area contributed by atoms with Crippen LogP contribution in [0.2, 0.25) is 5.02 Å². The predicted molar refractivity (Wildman–Crippen MR) is 50.3 cm³/mol. The van der Waals surface area contributed by atoms with E-state index in [-0.39, 0.29) is 58.0 Å². The van der Waals surface area contributed by atoms with Gasteiger partial charge in [0.05, 0.1) is 0 Å². The molecule has 0 bridgehead atoms. The number of ether oxygens (including phenoxy) is 1. The molecule has 5 heteroatoms. The molecule has 0 atom stereocenters. The van der Waals surface area contributed by atoms with E-state index >= 15 is 0 Å². The number of hydrogen-bond donors (Lipinski definition) is 1. The molecule has 0 spiro atoms. The first-order valence-corrected chi connectivity index (χ1v) is 3.66. The molecule has 0 amide bonds. The van der Waals surface area contributed by atoms with Gasteiger partial charge in [0.1, 0.15) is 5.75 Å². The van der Waals surface area contributed by atoms with Crippen LogP contribution >= 0.6 is 11.6 Å². The van der Waals surface area contributed by atoms with Gasteiger partial charge in [0.25, 0.3) is 0 Å². The van der Waals surface area contributed by atoms with E-state index < -0.39 is 5.97 Å². The van der Waals surface area contributed by atoms with Crippen LogP contribution in [0.25, 0.3) is 0 Å². The summed E-state index contributed by atoms with van der Waals surface area (Å²) in [6.45, 7) is -0.332. The molecule has 0 aliphatic heterocycles. The summed E-state index contributed by atoms with van der Waals surface area (Å²) in [5, 5.41) is 8.87. The Hall–Kier alpha value is 0.416. The number of aliphatic carboxylic acids is 1. The zero-order chi connectivity index (χ0) is 8.97. The fourth-order valence-corrected chi connectivity index (χ4v) is 0.802. The summed E-state index contributed by atoms with van der Waals surface area (Å²) in [5.74, 6) is -0.494. The Kier molecular flexibility index (Phi) is 7.03. The van der Waals surface area contributed by atoms with Gasteiger partial charge in [-0.1, -0.05) is 11.6 Å². The zero-order valence-corrected chi connectivity index (χ0v) is 11.0. The number of carbonyl (C=O) groups is 1. The number of hydrogen-bond acceptors (Lipinski definition) is 2. The van der Waals surface area contributed by atoms with Crippen LogP contribution in [0.5, 0.6) is 5.75 Å². The van der Waals surface area contributed by atoms with E-state index in [1.54, 1.807) is 24.3 Å². The number of benzene rings is 1. The number of halogens is 1. The van der Waals surface area contributed by atoms with Gasteiger partial charge >= 0.3 is 5.97 Å². The van der Waals surface area contributed by atoms with Crippen molar-refractivity contribution in [2.45, 2.75) is 0 Å². The molecule has 1 aromatic rings. The van der Waals surface area contributed by atoms with E-state index in [0.29, 0.717) is 10.8 Å². The first-order valence-electron chi connectivity index (χ1n) is 3.28. The van der Waals surface area contributed by atoms with Crippen LogP contribution in [0.3, 0.4) is 0 Å². The van der Waals surface area contributed by atoms with E-state index in [4.69, 9.17) is 21.4 Å². The molecule has 13 heavy (non-hydrogen) atoms. The minimum absolute atomic E-state index is 0. The summed E-state index contributed by atoms with van der Waals surface area (Å²) in [6.07, 6.45) is 0. The third kappa shape index (κ3) is 5.67. The normalized spacial score (nSPS) is 8.69. The topological polar surface area (TPSA) is 46.5 Å². The predicted octanol–water partition coefficient (Wildman–Crippen LogP) is 1.42. The average Bonchev–Trinajstić information content (AvgIpc) is 2.03. The van der Waals surface area contributed by atoms with Gasteiger partial charge in [0.2, 0.25) is 0 Å². The Morgan fingerprint density at radius 3 is 2.38 bits per heavy atom. The summed E-state index contributed by atoms with van der Waals surface area (Å²) in [4.78, 5) is 10.1. The second kappa shape index (κ2) is 6.81. The van der Waals surface area contributed by atoms with Crippen molar-refractivity contribution in [2.24, 2.45) is 0 Å². The van der Waals surface area contributed by atoms with Crippen LogP contribution < -0.4 is 4.74 Å². The summed E-state index contributed by atoms with van der Waals surface area (Å²) in [7, 11) is 0. The number of carboxylic acids is 1. The molecule has 3 nitrogen and oxygen atoms in total. The third-order valence-electron chi connectivity index (χ3n) is 1.18. The molecule has 0 fully saturated rings. The Morgan fingerprint density at radius 1 is 1.38 bits per heavy atom. The van der Waals surface area contributed by atoms with Gasteiger partial charge in [-0.2, -0.15) is 0 Å². The molecular weight excluding hydrogens is 219 g/mol. The Bertz CT molecular complexity index is 273. The smallest absolute Gasteiger partial charge is 0.341 e. The van der Waals surface area contributed by atoms with Crippen LogP contribution in [0.4, 0.5) is 0 Å². The molecule has 1 aromatic carbocycles. The molecular formula is C8H7ClKO3. The van der Waals surface area contributed by atoms with Crippen LogP contribution in [0.1, 0.15) is 0 Å². The maximum absolute atomic E-state index is 10.1. The molecule has 0 saturated carbocycles. The van der Waals surface area contributed by atoms with E-state index in [2.05, 4.69) is 0 Å². The van der Waals surface area contributed by atoms with Crippen LogP contribution in [-0.2, 0) is 4.79 Å². The molecule has 1 N–H and O–H groups in total. The van der Waals surface area contributed by atoms with Gasteiger partial charge in [-0.25, -0.2) is 4.79 Å². The van der Waals surface area contributed by atoms with Crippen molar-refractivity contribution in [3.63, 3.8) is 0 Å². The van der Waals surface area contributed by atoms with Gasteiger partial charge in [-0.3, -0.25) is 0 Å². The monoisotopic (exact) mass is 225 g/mol. The van der Waals surface area contributed by atoms with Crippen molar-refractivity contribution in [1.29, 1.82) is 0 Å². The van der Waals surface area contributed by atoms with Crippen molar-refractivity contribution in [1.82, 2.24) is 0 Å². The van der Waals surface area contributed by atoms with Crippen LogP contribution in [0.15, 0.2) is 24.3 Å². The van der Waals surface area contributed by atoms with E-state index in [0.717, 1.165) is 0 Å². The van der Waals surface area contributed by atoms with Crippen molar-refractivity contribution >= 4 is 69.0 Å². The second-order valence-corrected chi connectivity index (χ2v) is 2.57. The molecule has 0 unspecified atom stereocenters. The van der Waals surface area contributed by atoms with Crippen molar-refractivity contribution < 1.29 is 14.6 Å². The molecule has 65 valence electrons. The third-order valence-corrected chi connectivity index (χ3v) is 1.43. The SMILES string of the molecule is O=C(O)COc1ccc(Cl)cc1.[K]. The van der Waals surface area contributed by atoms with Crippen molar-refractivity contribution in [3.05, 3.63) is 29.3 Å². The fraction of sp³-hybridized carbons (Fsp3) is 0.125. The number of carboxylic acid groups (broad SMARTS) is 1. The van der Waals surface area contributed by atoms with Crippen molar-refractivity contribution in [3.8, 4) is 5.75 Å². The van der Waals surface area contributed by atoms with Crippen LogP contribution in [0, 0.1) is 0 Å². The Morgan fingerprint density at radius 2 is 1.92 bits per heavy atom. The molecule has 1 radical (unpaired) electrons. The second-order valence-electron chi connectivity index (χ2n) is 2.14. The fourth-order valence-electron chi connectivity index (χ4n) is 0.676. The van der Waals surface area contributed by atoms with Gasteiger partial charge in [0.15, 0.2) is 6.61 Å². The van der Waals surface area contributed by atoms with Gasteiger partial charge < -0.3 is 9.84 Å². The van der Waals surface area contributed by atoms with Crippen LogP contribution in [-0.4, -0.2) is 69.1 Å². The Balaban J connectivity index is 0.00000144. The molecule has 0 aliphatic carbocycles. The summed E-state index contributed by atoms with van der Waals surface area (Å²) < 4.78 is 4.86. The Labute approximate surface area is 123 Å². The average molecular weight is 226 g/mol. The maximum atomic E-state index is 10.1. The summed E-state index contributed by atoms with van der Waals surface area (Å²) in [5.41, 5.74) is 0. The minimum atomic E-state index is -0.995. The molecule has 0 heterocycles. The summed E-state index contributed by atoms with van der Waals surface area (Å²) in [6, 6.07) is 6.51. The van der Waals surface area contributed by atoms with Gasteiger partial charge in [0, 0.05) is 56.4 Å². The standard InChI is InChI=1S/C8H7ClO3.K/c9-6-1-3-7(4-2-6)12-5-8(10)11;/h1-4H,5H2,(H,10,11);.